The molecule has 2 fully saturated rings. The number of halogens is 1. The van der Waals surface area contributed by atoms with Crippen LogP contribution in [0.5, 0.6) is 0 Å². The van der Waals surface area contributed by atoms with E-state index < -0.39 is 5.82 Å². The fourth-order valence-electron chi connectivity index (χ4n) is 6.19. The number of hydrogen-bond donors (Lipinski definition) is 0. The number of carbonyl (C=O) groups excluding carboxylic acids is 2. The zero-order valence-electron chi connectivity index (χ0n) is 23.8. The number of likely N-dealkylation sites (tertiary alicyclic amines) is 2. The molecule has 0 aliphatic carbocycles. The molecule has 0 spiro atoms. The molecule has 1 aromatic carbocycles. The summed E-state index contributed by atoms with van der Waals surface area (Å²) in [6.07, 6.45) is 9.63. The molecular formula is C31H40FN5O2. The molecule has 208 valence electrons. The van der Waals surface area contributed by atoms with Gasteiger partial charge in [0, 0.05) is 64.0 Å². The second-order valence-corrected chi connectivity index (χ2v) is 11.8. The van der Waals surface area contributed by atoms with Crippen molar-refractivity contribution in [3.8, 4) is 5.69 Å². The Morgan fingerprint density at radius 3 is 2.69 bits per heavy atom. The predicted molar refractivity (Wildman–Crippen MR) is 152 cm³/mol. The summed E-state index contributed by atoms with van der Waals surface area (Å²) >= 11 is 0. The van der Waals surface area contributed by atoms with Crippen LogP contribution in [0.15, 0.2) is 36.8 Å². The Morgan fingerprint density at radius 1 is 1.18 bits per heavy atom. The summed E-state index contributed by atoms with van der Waals surface area (Å²) in [6, 6.07) is 4.45. The highest BCUT2D eigenvalue weighted by atomic mass is 19.1. The summed E-state index contributed by atoms with van der Waals surface area (Å²) in [4.78, 5) is 36.0. The van der Waals surface area contributed by atoms with Gasteiger partial charge in [0.25, 0.3) is 5.91 Å². The van der Waals surface area contributed by atoms with E-state index in [0.29, 0.717) is 29.5 Å². The van der Waals surface area contributed by atoms with Crippen LogP contribution in [0.1, 0.15) is 54.6 Å². The van der Waals surface area contributed by atoms with Crippen LogP contribution >= 0.6 is 0 Å². The number of amides is 2. The van der Waals surface area contributed by atoms with E-state index in [1.54, 1.807) is 18.0 Å². The highest BCUT2D eigenvalue weighted by Crippen LogP contribution is 2.33. The molecule has 2 saturated heterocycles. The molecule has 2 amide bonds. The third kappa shape index (κ3) is 5.57. The number of pyridine rings is 1. The summed E-state index contributed by atoms with van der Waals surface area (Å²) in [6.45, 7) is 9.90. The Labute approximate surface area is 230 Å². The molecule has 3 aromatic rings. The highest BCUT2D eigenvalue weighted by Gasteiger charge is 2.30. The largest absolute Gasteiger partial charge is 0.346 e. The van der Waals surface area contributed by atoms with Gasteiger partial charge in [-0.25, -0.2) is 4.39 Å². The van der Waals surface area contributed by atoms with Crippen molar-refractivity contribution in [2.75, 3.05) is 40.3 Å². The number of piperidine rings is 1. The Hall–Kier alpha value is -3.26. The van der Waals surface area contributed by atoms with E-state index in [1.807, 2.05) is 42.8 Å². The van der Waals surface area contributed by atoms with Crippen molar-refractivity contribution in [3.63, 3.8) is 0 Å². The maximum Gasteiger partial charge on any atom is 0.256 e. The van der Waals surface area contributed by atoms with Gasteiger partial charge in [-0.15, -0.1) is 0 Å². The molecule has 2 aromatic heterocycles. The van der Waals surface area contributed by atoms with Crippen molar-refractivity contribution in [3.05, 3.63) is 59.3 Å². The van der Waals surface area contributed by atoms with E-state index in [4.69, 9.17) is 0 Å². The maximum atomic E-state index is 14.4. The molecule has 39 heavy (non-hydrogen) atoms. The van der Waals surface area contributed by atoms with Crippen LogP contribution < -0.4 is 0 Å². The van der Waals surface area contributed by atoms with Crippen molar-refractivity contribution < 1.29 is 14.0 Å². The molecule has 4 heterocycles. The number of rotatable bonds is 7. The first-order valence-corrected chi connectivity index (χ1v) is 14.1. The van der Waals surface area contributed by atoms with Gasteiger partial charge in [0.05, 0.1) is 23.0 Å². The van der Waals surface area contributed by atoms with Gasteiger partial charge in [0.1, 0.15) is 5.82 Å². The summed E-state index contributed by atoms with van der Waals surface area (Å²) in [7, 11) is 3.64. The lowest BCUT2D eigenvalue weighted by Crippen LogP contribution is -2.39. The van der Waals surface area contributed by atoms with Gasteiger partial charge >= 0.3 is 0 Å². The average molecular weight is 534 g/mol. The number of carbonyl (C=O) groups is 2. The molecule has 7 nitrogen and oxygen atoms in total. The van der Waals surface area contributed by atoms with E-state index in [0.717, 1.165) is 61.9 Å². The fourth-order valence-corrected chi connectivity index (χ4v) is 6.19. The van der Waals surface area contributed by atoms with E-state index in [9.17, 15) is 14.0 Å². The van der Waals surface area contributed by atoms with Crippen molar-refractivity contribution in [2.45, 2.75) is 52.5 Å². The summed E-state index contributed by atoms with van der Waals surface area (Å²) in [5, 5.41) is 1.16. The van der Waals surface area contributed by atoms with Crippen LogP contribution in [-0.4, -0.2) is 82.4 Å². The Kier molecular flexibility index (Phi) is 7.76. The van der Waals surface area contributed by atoms with Crippen LogP contribution in [0.25, 0.3) is 16.6 Å². The first-order chi connectivity index (χ1) is 18.6. The lowest BCUT2D eigenvalue weighted by Gasteiger charge is -2.31. The molecule has 2 aliphatic rings. The van der Waals surface area contributed by atoms with E-state index in [1.165, 1.54) is 17.7 Å². The van der Waals surface area contributed by atoms with E-state index in [-0.39, 0.29) is 17.9 Å². The average Bonchev–Trinajstić information content (AvgIpc) is 3.50. The minimum absolute atomic E-state index is 0.00699. The summed E-state index contributed by atoms with van der Waals surface area (Å²) < 4.78 is 16.4. The van der Waals surface area contributed by atoms with E-state index >= 15 is 0 Å². The lowest BCUT2D eigenvalue weighted by atomic mass is 9.95. The fraction of sp³-hybridized carbons (Fsp3) is 0.516. The minimum Gasteiger partial charge on any atom is -0.346 e. The van der Waals surface area contributed by atoms with Gasteiger partial charge in [-0.1, -0.05) is 0 Å². The van der Waals surface area contributed by atoms with Gasteiger partial charge < -0.3 is 19.3 Å². The van der Waals surface area contributed by atoms with Crippen LogP contribution in [0.2, 0.25) is 0 Å². The number of aryl methyl sites for hydroxylation is 1. The minimum atomic E-state index is -0.428. The molecule has 0 N–H and O–H groups in total. The number of hydrogen-bond acceptors (Lipinski definition) is 4. The predicted octanol–water partition coefficient (Wildman–Crippen LogP) is 4.69. The topological polar surface area (TPSA) is 61.7 Å². The molecule has 0 bridgehead atoms. The number of aromatic nitrogens is 2. The first kappa shape index (κ1) is 27.3. The number of fused-ring (bicyclic) bond motifs is 1. The Balaban J connectivity index is 1.41. The molecule has 2 aliphatic heterocycles. The normalized spacial score (nSPS) is 20.4. The molecular weight excluding hydrogens is 493 g/mol. The lowest BCUT2D eigenvalue weighted by molar-refractivity contribution is -0.133. The van der Waals surface area contributed by atoms with Gasteiger partial charge in [-0.3, -0.25) is 14.6 Å². The van der Waals surface area contributed by atoms with Crippen LogP contribution in [0.3, 0.4) is 0 Å². The number of nitrogens with zero attached hydrogens (tertiary/aromatic N) is 5. The third-order valence-electron chi connectivity index (χ3n) is 8.68. The monoisotopic (exact) mass is 533 g/mol. The summed E-state index contributed by atoms with van der Waals surface area (Å²) in [5.41, 5.74) is 4.26. The van der Waals surface area contributed by atoms with Crippen molar-refractivity contribution in [1.29, 1.82) is 0 Å². The van der Waals surface area contributed by atoms with Gasteiger partial charge in [0.2, 0.25) is 5.91 Å². The zero-order chi connectivity index (χ0) is 27.8. The molecule has 8 heteroatoms. The quantitative estimate of drug-likeness (QED) is 0.442. The second-order valence-electron chi connectivity index (χ2n) is 11.8. The smallest absolute Gasteiger partial charge is 0.256 e. The van der Waals surface area contributed by atoms with Gasteiger partial charge in [0.15, 0.2) is 0 Å². The van der Waals surface area contributed by atoms with Crippen LogP contribution in [-0.2, 0) is 11.2 Å². The van der Waals surface area contributed by atoms with Gasteiger partial charge in [-0.2, -0.15) is 0 Å². The molecule has 5 rings (SSSR count). The molecule has 1 unspecified atom stereocenters. The summed E-state index contributed by atoms with van der Waals surface area (Å²) in [5.74, 6) is 0.586. The van der Waals surface area contributed by atoms with Crippen molar-refractivity contribution in [1.82, 2.24) is 24.3 Å². The highest BCUT2D eigenvalue weighted by molar-refractivity contribution is 5.99. The molecule has 0 saturated carbocycles. The van der Waals surface area contributed by atoms with Gasteiger partial charge in [-0.05, 0) is 87.7 Å². The maximum absolute atomic E-state index is 14.4. The standard InChI is InChI=1S/C31H40FN5O2/c1-20(2)35(5)31(39)26-14-25(32)6-7-27(26)37-19-24(30-21(3)15-33-16-28(30)37)12-22-9-11-36(17-22)18-23-8-10-34(4)29(38)13-23/h6-7,14-16,19-20,22-23H,8-13,17-18H2,1-5H3/t22-,23?/m0/s1. The third-order valence-corrected chi connectivity index (χ3v) is 8.68. The molecule has 0 radical (unpaired) electrons. The van der Waals surface area contributed by atoms with Crippen molar-refractivity contribution >= 4 is 22.7 Å². The van der Waals surface area contributed by atoms with Crippen LogP contribution in [0.4, 0.5) is 4.39 Å². The SMILES string of the molecule is Cc1cncc2c1c(C[C@@H]1CCN(CC3CCN(C)C(=O)C3)C1)cn2-c1ccc(F)cc1C(=O)N(C)C(C)C. The zero-order valence-corrected chi connectivity index (χ0v) is 23.8. The van der Waals surface area contributed by atoms with E-state index in [2.05, 4.69) is 23.0 Å². The van der Waals surface area contributed by atoms with Crippen LogP contribution in [0, 0.1) is 24.6 Å². The second kappa shape index (κ2) is 11.1. The Bertz CT molecular complexity index is 1380. The van der Waals surface area contributed by atoms with Crippen molar-refractivity contribution in [2.24, 2.45) is 11.8 Å². The molecule has 2 atom stereocenters. The Morgan fingerprint density at radius 2 is 1.95 bits per heavy atom. The number of benzene rings is 1. The first-order valence-electron chi connectivity index (χ1n) is 14.1.